The second-order valence-corrected chi connectivity index (χ2v) is 6.76. The van der Waals surface area contributed by atoms with Gasteiger partial charge in [-0.3, -0.25) is 0 Å². The van der Waals surface area contributed by atoms with Crippen LogP contribution in [0.1, 0.15) is 40.0 Å². The van der Waals surface area contributed by atoms with Crippen LogP contribution in [0.2, 0.25) is 0 Å². The highest BCUT2D eigenvalue weighted by Gasteiger charge is 2.37. The molecule has 3 unspecified atom stereocenters. The molecule has 2 nitrogen and oxygen atoms in total. The van der Waals surface area contributed by atoms with Crippen LogP contribution in [0.25, 0.3) is 0 Å². The summed E-state index contributed by atoms with van der Waals surface area (Å²) in [7, 11) is 0. The largest absolute Gasteiger partial charge is 0.395 e. The lowest BCUT2D eigenvalue weighted by Crippen LogP contribution is -2.48. The fourth-order valence-corrected chi connectivity index (χ4v) is 3.63. The third-order valence-corrected chi connectivity index (χ3v) is 4.77. The molecule has 3 atom stereocenters. The van der Waals surface area contributed by atoms with Crippen LogP contribution in [0.5, 0.6) is 0 Å². The van der Waals surface area contributed by atoms with Crippen molar-refractivity contribution in [3.8, 4) is 0 Å². The molecular formula is C11H23NOS. The summed E-state index contributed by atoms with van der Waals surface area (Å²) in [5, 5.41) is 9.87. The van der Waals surface area contributed by atoms with E-state index in [1.165, 1.54) is 19.3 Å². The molecule has 0 aromatic carbocycles. The van der Waals surface area contributed by atoms with Crippen molar-refractivity contribution >= 4 is 11.8 Å². The van der Waals surface area contributed by atoms with Crippen molar-refractivity contribution in [2.75, 3.05) is 6.61 Å². The Bertz CT molecular complexity index is 184. The third kappa shape index (κ3) is 2.88. The molecule has 1 rings (SSSR count). The van der Waals surface area contributed by atoms with Gasteiger partial charge in [-0.05, 0) is 18.3 Å². The second kappa shape index (κ2) is 4.86. The summed E-state index contributed by atoms with van der Waals surface area (Å²) >= 11 is 1.86. The molecule has 3 heteroatoms. The van der Waals surface area contributed by atoms with Gasteiger partial charge in [-0.1, -0.05) is 27.2 Å². The van der Waals surface area contributed by atoms with E-state index in [2.05, 4.69) is 20.8 Å². The molecule has 0 aromatic heterocycles. The van der Waals surface area contributed by atoms with Gasteiger partial charge >= 0.3 is 0 Å². The van der Waals surface area contributed by atoms with Gasteiger partial charge in [0.15, 0.2) is 0 Å². The first-order valence-corrected chi connectivity index (χ1v) is 6.43. The first kappa shape index (κ1) is 12.3. The van der Waals surface area contributed by atoms with Gasteiger partial charge in [-0.2, -0.15) is 11.8 Å². The zero-order chi connectivity index (χ0) is 10.8. The van der Waals surface area contributed by atoms with Gasteiger partial charge in [0.25, 0.3) is 0 Å². The Labute approximate surface area is 91.6 Å². The highest BCUT2D eigenvalue weighted by molar-refractivity contribution is 8.00. The maximum absolute atomic E-state index is 9.02. The molecule has 0 saturated heterocycles. The SMILES string of the molecule is CC(CO)SC1CCCC(C)(C)C1N. The van der Waals surface area contributed by atoms with Crippen molar-refractivity contribution in [3.05, 3.63) is 0 Å². The lowest BCUT2D eigenvalue weighted by atomic mass is 9.73. The predicted molar refractivity (Wildman–Crippen MR) is 63.5 cm³/mol. The zero-order valence-electron chi connectivity index (χ0n) is 9.49. The van der Waals surface area contributed by atoms with Crippen molar-refractivity contribution in [2.45, 2.75) is 56.6 Å². The minimum atomic E-state index is 0.258. The van der Waals surface area contributed by atoms with Gasteiger partial charge in [-0.25, -0.2) is 0 Å². The smallest absolute Gasteiger partial charge is 0.0547 e. The summed E-state index contributed by atoms with van der Waals surface area (Å²) in [5.41, 5.74) is 6.53. The molecule has 0 aromatic rings. The molecule has 1 saturated carbocycles. The molecular weight excluding hydrogens is 194 g/mol. The number of rotatable bonds is 3. The van der Waals surface area contributed by atoms with Crippen LogP contribution in [-0.4, -0.2) is 28.3 Å². The number of aliphatic hydroxyl groups is 1. The summed E-state index contributed by atoms with van der Waals surface area (Å²) in [4.78, 5) is 0. The van der Waals surface area contributed by atoms with E-state index in [4.69, 9.17) is 10.8 Å². The third-order valence-electron chi connectivity index (χ3n) is 3.28. The highest BCUT2D eigenvalue weighted by atomic mass is 32.2. The minimum absolute atomic E-state index is 0.258. The van der Waals surface area contributed by atoms with Crippen LogP contribution < -0.4 is 5.73 Å². The molecule has 0 heterocycles. The number of hydrogen-bond donors (Lipinski definition) is 2. The Morgan fingerprint density at radius 3 is 2.79 bits per heavy atom. The lowest BCUT2D eigenvalue weighted by molar-refractivity contribution is 0.208. The first-order chi connectivity index (χ1) is 6.47. The molecule has 1 aliphatic rings. The fourth-order valence-electron chi connectivity index (χ4n) is 2.10. The van der Waals surface area contributed by atoms with Crippen molar-refractivity contribution < 1.29 is 5.11 Å². The van der Waals surface area contributed by atoms with Crippen LogP contribution in [0, 0.1) is 5.41 Å². The van der Waals surface area contributed by atoms with E-state index < -0.39 is 0 Å². The number of thioether (sulfide) groups is 1. The van der Waals surface area contributed by atoms with E-state index in [0.717, 1.165) is 0 Å². The monoisotopic (exact) mass is 217 g/mol. The zero-order valence-corrected chi connectivity index (χ0v) is 10.3. The highest BCUT2D eigenvalue weighted by Crippen LogP contribution is 2.40. The summed E-state index contributed by atoms with van der Waals surface area (Å²) in [6.07, 6.45) is 3.72. The molecule has 1 fully saturated rings. The molecule has 3 N–H and O–H groups in total. The van der Waals surface area contributed by atoms with Crippen LogP contribution >= 0.6 is 11.8 Å². The van der Waals surface area contributed by atoms with E-state index in [0.29, 0.717) is 10.5 Å². The molecule has 0 spiro atoms. The average Bonchev–Trinajstić information content (AvgIpc) is 2.12. The quantitative estimate of drug-likeness (QED) is 0.760. The van der Waals surface area contributed by atoms with E-state index >= 15 is 0 Å². The van der Waals surface area contributed by atoms with Crippen molar-refractivity contribution in [3.63, 3.8) is 0 Å². The minimum Gasteiger partial charge on any atom is -0.395 e. The number of aliphatic hydroxyl groups excluding tert-OH is 1. The van der Waals surface area contributed by atoms with Gasteiger partial charge in [-0.15, -0.1) is 0 Å². The maximum atomic E-state index is 9.02. The Morgan fingerprint density at radius 1 is 1.57 bits per heavy atom. The summed E-state index contributed by atoms with van der Waals surface area (Å²) in [6, 6.07) is 0.273. The van der Waals surface area contributed by atoms with E-state index in [1.807, 2.05) is 11.8 Å². The van der Waals surface area contributed by atoms with Crippen LogP contribution in [0.4, 0.5) is 0 Å². The fraction of sp³-hybridized carbons (Fsp3) is 1.00. The van der Waals surface area contributed by atoms with Crippen molar-refractivity contribution in [1.29, 1.82) is 0 Å². The van der Waals surface area contributed by atoms with Crippen LogP contribution in [-0.2, 0) is 0 Å². The van der Waals surface area contributed by atoms with E-state index in [1.54, 1.807) is 0 Å². The second-order valence-electron chi connectivity index (χ2n) is 5.07. The molecule has 0 aliphatic heterocycles. The standard InChI is InChI=1S/C11H23NOS/c1-8(7-13)14-9-5-4-6-11(2,3)10(9)12/h8-10,13H,4-7,12H2,1-3H3. The predicted octanol–water partition coefficient (Wildman–Crippen LogP) is 2.01. The topological polar surface area (TPSA) is 46.2 Å². The molecule has 1 aliphatic carbocycles. The summed E-state index contributed by atoms with van der Waals surface area (Å²) < 4.78 is 0. The Kier molecular flexibility index (Phi) is 4.29. The van der Waals surface area contributed by atoms with E-state index in [9.17, 15) is 0 Å². The average molecular weight is 217 g/mol. The number of nitrogens with two attached hydrogens (primary N) is 1. The Balaban J connectivity index is 2.52. The molecule has 14 heavy (non-hydrogen) atoms. The Morgan fingerprint density at radius 2 is 2.21 bits per heavy atom. The Hall–Kier alpha value is 0.270. The van der Waals surface area contributed by atoms with E-state index in [-0.39, 0.29) is 18.1 Å². The van der Waals surface area contributed by atoms with Gasteiger partial charge in [0.2, 0.25) is 0 Å². The summed E-state index contributed by atoms with van der Waals surface area (Å²) in [6.45, 7) is 6.84. The maximum Gasteiger partial charge on any atom is 0.0547 e. The lowest BCUT2D eigenvalue weighted by Gasteiger charge is -2.42. The van der Waals surface area contributed by atoms with Crippen molar-refractivity contribution in [1.82, 2.24) is 0 Å². The first-order valence-electron chi connectivity index (χ1n) is 5.49. The van der Waals surface area contributed by atoms with Gasteiger partial charge in [0.1, 0.15) is 0 Å². The van der Waals surface area contributed by atoms with Crippen LogP contribution in [0.15, 0.2) is 0 Å². The molecule has 0 bridgehead atoms. The molecule has 0 radical (unpaired) electrons. The van der Waals surface area contributed by atoms with Gasteiger partial charge in [0, 0.05) is 16.5 Å². The molecule has 84 valence electrons. The van der Waals surface area contributed by atoms with Crippen LogP contribution in [0.3, 0.4) is 0 Å². The van der Waals surface area contributed by atoms with Gasteiger partial charge < -0.3 is 10.8 Å². The normalized spacial score (nSPS) is 34.1. The van der Waals surface area contributed by atoms with Crippen molar-refractivity contribution in [2.24, 2.45) is 11.1 Å². The van der Waals surface area contributed by atoms with Gasteiger partial charge in [0.05, 0.1) is 6.61 Å². The molecule has 0 amide bonds. The summed E-state index contributed by atoms with van der Waals surface area (Å²) in [5.74, 6) is 0. The number of hydrogen-bond acceptors (Lipinski definition) is 3.